The fourth-order valence-electron chi connectivity index (χ4n) is 1.46. The second-order valence-electron chi connectivity index (χ2n) is 3.35. The van der Waals surface area contributed by atoms with Crippen LogP contribution in [0.3, 0.4) is 0 Å². The summed E-state index contributed by atoms with van der Waals surface area (Å²) in [6, 6.07) is 6.24. The molecule has 1 aromatic carbocycles. The molecule has 0 aliphatic heterocycles. The Morgan fingerprint density at radius 2 is 2.00 bits per heavy atom. The van der Waals surface area contributed by atoms with E-state index in [1.807, 2.05) is 0 Å². The summed E-state index contributed by atoms with van der Waals surface area (Å²) in [5, 5.41) is 10.7. The molecule has 1 atom stereocenters. The molecule has 16 heavy (non-hydrogen) atoms. The minimum absolute atomic E-state index is 0. The van der Waals surface area contributed by atoms with Crippen molar-refractivity contribution in [2.45, 2.75) is 18.9 Å². The van der Waals surface area contributed by atoms with Crippen LogP contribution in [-0.4, -0.2) is 11.5 Å². The van der Waals surface area contributed by atoms with E-state index >= 15 is 0 Å². The Balaban J connectivity index is 0.00000225. The molecule has 6 heteroatoms. The van der Waals surface area contributed by atoms with Crippen LogP contribution in [-0.2, 0) is 0 Å². The van der Waals surface area contributed by atoms with Crippen molar-refractivity contribution in [1.29, 1.82) is 0 Å². The predicted molar refractivity (Wildman–Crippen MR) is 65.6 cm³/mol. The van der Waals surface area contributed by atoms with Crippen LogP contribution < -0.4 is 11.5 Å². The number of hydrogen-bond acceptors (Lipinski definition) is 4. The molecule has 0 radical (unpaired) electrons. The lowest BCUT2D eigenvalue weighted by Gasteiger charge is -2.11. The van der Waals surface area contributed by atoms with Gasteiger partial charge in [-0.15, -0.1) is 12.4 Å². The molecule has 4 N–H and O–H groups in total. The largest absolute Gasteiger partial charge is 0.330 e. The van der Waals surface area contributed by atoms with Crippen molar-refractivity contribution in [3.05, 3.63) is 39.9 Å². The first-order chi connectivity index (χ1) is 7.16. The zero-order valence-corrected chi connectivity index (χ0v) is 9.65. The molecule has 0 spiro atoms. The second kappa shape index (κ2) is 7.16. The highest BCUT2D eigenvalue weighted by atomic mass is 35.5. The third-order valence-electron chi connectivity index (χ3n) is 2.25. The molecule has 0 aromatic heterocycles. The van der Waals surface area contributed by atoms with Gasteiger partial charge in [0.05, 0.1) is 4.92 Å². The highest BCUT2D eigenvalue weighted by Gasteiger charge is 2.17. The Kier molecular flexibility index (Phi) is 6.64. The molecule has 5 nitrogen and oxygen atoms in total. The predicted octanol–water partition coefficient (Wildman–Crippen LogP) is 1.76. The van der Waals surface area contributed by atoms with Crippen molar-refractivity contribution < 1.29 is 4.92 Å². The van der Waals surface area contributed by atoms with Gasteiger partial charge in [-0.05, 0) is 19.4 Å². The van der Waals surface area contributed by atoms with E-state index in [0.29, 0.717) is 18.5 Å². The van der Waals surface area contributed by atoms with E-state index in [-0.39, 0.29) is 24.1 Å². The Morgan fingerprint density at radius 1 is 1.38 bits per heavy atom. The van der Waals surface area contributed by atoms with E-state index in [1.165, 1.54) is 6.07 Å². The fraction of sp³-hybridized carbons (Fsp3) is 0.400. The van der Waals surface area contributed by atoms with Crippen molar-refractivity contribution in [2.24, 2.45) is 11.5 Å². The van der Waals surface area contributed by atoms with Crippen LogP contribution in [0.5, 0.6) is 0 Å². The zero-order valence-electron chi connectivity index (χ0n) is 8.83. The average Bonchev–Trinajstić information content (AvgIpc) is 2.25. The first kappa shape index (κ1) is 14.8. The van der Waals surface area contributed by atoms with Crippen LogP contribution in [0.15, 0.2) is 24.3 Å². The normalized spacial score (nSPS) is 11.6. The molecular weight excluding hydrogens is 230 g/mol. The van der Waals surface area contributed by atoms with Gasteiger partial charge in [-0.3, -0.25) is 10.1 Å². The summed E-state index contributed by atoms with van der Waals surface area (Å²) in [4.78, 5) is 10.3. The van der Waals surface area contributed by atoms with Gasteiger partial charge in [0.25, 0.3) is 5.69 Å². The molecule has 90 valence electrons. The van der Waals surface area contributed by atoms with E-state index in [1.54, 1.807) is 18.2 Å². The molecular formula is C10H16ClN3O2. The summed E-state index contributed by atoms with van der Waals surface area (Å²) in [7, 11) is 0. The Labute approximate surface area is 100 Å². The maximum absolute atomic E-state index is 10.7. The smallest absolute Gasteiger partial charge is 0.274 e. The van der Waals surface area contributed by atoms with E-state index in [4.69, 9.17) is 11.5 Å². The number of halogens is 1. The molecule has 0 unspecified atom stereocenters. The summed E-state index contributed by atoms with van der Waals surface area (Å²) in [6.45, 7) is 0.550. The number of para-hydroxylation sites is 1. The molecule has 0 aliphatic carbocycles. The molecule has 0 heterocycles. The number of nitrogens with two attached hydrogens (primary N) is 2. The molecule has 0 aliphatic rings. The first-order valence-corrected chi connectivity index (χ1v) is 4.85. The molecule has 1 rings (SSSR count). The van der Waals surface area contributed by atoms with E-state index in [2.05, 4.69) is 0 Å². The third-order valence-corrected chi connectivity index (χ3v) is 2.25. The van der Waals surface area contributed by atoms with Crippen molar-refractivity contribution in [3.8, 4) is 0 Å². The van der Waals surface area contributed by atoms with E-state index in [9.17, 15) is 10.1 Å². The lowest BCUT2D eigenvalue weighted by atomic mass is 10.0. The maximum Gasteiger partial charge on any atom is 0.274 e. The number of rotatable bonds is 5. The van der Waals surface area contributed by atoms with Crippen LogP contribution in [0.4, 0.5) is 5.69 Å². The standard InChI is InChI=1S/C10H15N3O2.ClH/c11-7-3-5-9(12)8-4-1-2-6-10(8)13(14)15;/h1-2,4,6,9H,3,5,7,11-12H2;1H/t9-;/m1./s1. The van der Waals surface area contributed by atoms with Crippen molar-refractivity contribution in [2.75, 3.05) is 6.54 Å². The van der Waals surface area contributed by atoms with Crippen molar-refractivity contribution >= 4 is 18.1 Å². The highest BCUT2D eigenvalue weighted by molar-refractivity contribution is 5.85. The van der Waals surface area contributed by atoms with Crippen molar-refractivity contribution in [3.63, 3.8) is 0 Å². The molecule has 0 amide bonds. The van der Waals surface area contributed by atoms with Gasteiger partial charge < -0.3 is 11.5 Å². The minimum atomic E-state index is -0.405. The fourth-order valence-corrected chi connectivity index (χ4v) is 1.46. The number of nitrogens with zero attached hydrogens (tertiary/aromatic N) is 1. The zero-order chi connectivity index (χ0) is 11.3. The van der Waals surface area contributed by atoms with Gasteiger partial charge in [-0.25, -0.2) is 0 Å². The topological polar surface area (TPSA) is 95.2 Å². The average molecular weight is 246 g/mol. The van der Waals surface area contributed by atoms with Gasteiger partial charge >= 0.3 is 0 Å². The number of nitro benzene ring substituents is 1. The van der Waals surface area contributed by atoms with Crippen LogP contribution in [0.1, 0.15) is 24.4 Å². The molecule has 1 aromatic rings. The van der Waals surface area contributed by atoms with E-state index in [0.717, 1.165) is 6.42 Å². The Hall–Kier alpha value is -1.17. The quantitative estimate of drug-likeness (QED) is 0.610. The monoisotopic (exact) mass is 245 g/mol. The summed E-state index contributed by atoms with van der Waals surface area (Å²) in [5.74, 6) is 0. The van der Waals surface area contributed by atoms with Gasteiger partial charge in [0.1, 0.15) is 0 Å². The van der Waals surface area contributed by atoms with Gasteiger partial charge in [0.2, 0.25) is 0 Å². The van der Waals surface area contributed by atoms with Gasteiger partial charge in [-0.1, -0.05) is 18.2 Å². The number of benzene rings is 1. The van der Waals surface area contributed by atoms with Crippen LogP contribution in [0.25, 0.3) is 0 Å². The number of hydrogen-bond donors (Lipinski definition) is 2. The van der Waals surface area contributed by atoms with Crippen LogP contribution in [0, 0.1) is 10.1 Å². The second-order valence-corrected chi connectivity index (χ2v) is 3.35. The summed E-state index contributed by atoms with van der Waals surface area (Å²) >= 11 is 0. The lowest BCUT2D eigenvalue weighted by Crippen LogP contribution is -2.14. The third kappa shape index (κ3) is 3.77. The summed E-state index contributed by atoms with van der Waals surface area (Å²) in [6.07, 6.45) is 1.44. The van der Waals surface area contributed by atoms with Gasteiger partial charge in [0, 0.05) is 17.7 Å². The highest BCUT2D eigenvalue weighted by Crippen LogP contribution is 2.25. The van der Waals surface area contributed by atoms with Gasteiger partial charge in [-0.2, -0.15) is 0 Å². The summed E-state index contributed by atoms with van der Waals surface area (Å²) in [5.41, 5.74) is 11.9. The Bertz CT molecular complexity index is 347. The molecule has 0 bridgehead atoms. The van der Waals surface area contributed by atoms with Crippen LogP contribution >= 0.6 is 12.4 Å². The van der Waals surface area contributed by atoms with Crippen LogP contribution in [0.2, 0.25) is 0 Å². The van der Waals surface area contributed by atoms with Crippen molar-refractivity contribution in [1.82, 2.24) is 0 Å². The maximum atomic E-state index is 10.7. The molecule has 0 saturated carbocycles. The first-order valence-electron chi connectivity index (χ1n) is 4.85. The minimum Gasteiger partial charge on any atom is -0.330 e. The molecule has 0 saturated heterocycles. The number of nitro groups is 1. The lowest BCUT2D eigenvalue weighted by molar-refractivity contribution is -0.385. The Morgan fingerprint density at radius 3 is 2.56 bits per heavy atom. The SMILES string of the molecule is Cl.NCCC[C@@H](N)c1ccccc1[N+](=O)[O-]. The molecule has 0 fully saturated rings. The van der Waals surface area contributed by atoms with E-state index < -0.39 is 4.92 Å². The summed E-state index contributed by atoms with van der Waals surface area (Å²) < 4.78 is 0. The van der Waals surface area contributed by atoms with Gasteiger partial charge in [0.15, 0.2) is 0 Å².